The van der Waals surface area contributed by atoms with Crippen LogP contribution in [0.15, 0.2) is 30.3 Å². The Morgan fingerprint density at radius 3 is 2.32 bits per heavy atom. The quantitative estimate of drug-likeness (QED) is 0.370. The van der Waals surface area contributed by atoms with Gasteiger partial charge >= 0.3 is 0 Å². The van der Waals surface area contributed by atoms with Crippen LogP contribution in [0.4, 0.5) is 0 Å². The Balaban J connectivity index is 1.74. The van der Waals surface area contributed by atoms with Crippen LogP contribution < -0.4 is 10.6 Å². The second kappa shape index (κ2) is 11.3. The van der Waals surface area contributed by atoms with Gasteiger partial charge in [-0.1, -0.05) is 78.3 Å². The van der Waals surface area contributed by atoms with E-state index in [1.165, 1.54) is 0 Å². The van der Waals surface area contributed by atoms with Crippen molar-refractivity contribution < 1.29 is 24.2 Å². The number of nitrogens with zero attached hydrogens (tertiary/aromatic N) is 1. The zero-order chi connectivity index (χ0) is 30.4. The average Bonchev–Trinajstić information content (AvgIpc) is 3.50. The van der Waals surface area contributed by atoms with Crippen LogP contribution in [0, 0.1) is 23.2 Å². The fraction of sp³-hybridized carbons (Fsp3) is 0.727. The second-order valence-corrected chi connectivity index (χ2v) is 14.5. The van der Waals surface area contributed by atoms with Crippen molar-refractivity contribution in [3.05, 3.63) is 35.9 Å². The van der Waals surface area contributed by atoms with Gasteiger partial charge in [-0.3, -0.25) is 14.4 Å². The molecule has 3 fully saturated rings. The third kappa shape index (κ3) is 5.66. The van der Waals surface area contributed by atoms with E-state index in [2.05, 4.69) is 31.4 Å². The van der Waals surface area contributed by atoms with E-state index >= 15 is 0 Å². The number of hydrogen-bond donors (Lipinski definition) is 3. The van der Waals surface area contributed by atoms with E-state index in [1.54, 1.807) is 4.90 Å². The maximum absolute atomic E-state index is 14.5. The Bertz CT molecular complexity index is 1130. The molecule has 3 aliphatic rings. The molecule has 2 bridgehead atoms. The lowest BCUT2D eigenvalue weighted by Gasteiger charge is -2.41. The summed E-state index contributed by atoms with van der Waals surface area (Å²) in [6, 6.07) is 8.21. The van der Waals surface area contributed by atoms with Crippen molar-refractivity contribution >= 4 is 17.7 Å². The molecule has 3 aliphatic heterocycles. The number of carbonyl (C=O) groups is 3. The summed E-state index contributed by atoms with van der Waals surface area (Å²) in [5, 5.41) is 16.9. The van der Waals surface area contributed by atoms with E-state index in [0.29, 0.717) is 25.8 Å². The number of benzene rings is 1. The van der Waals surface area contributed by atoms with Gasteiger partial charge in [0.2, 0.25) is 17.7 Å². The summed E-state index contributed by atoms with van der Waals surface area (Å²) < 4.78 is 6.90. The first-order valence-corrected chi connectivity index (χ1v) is 15.4. The molecule has 0 saturated carbocycles. The topological polar surface area (TPSA) is 108 Å². The molecule has 3 N–H and O–H groups in total. The number of hydrogen-bond acceptors (Lipinski definition) is 5. The normalized spacial score (nSPS) is 30.7. The highest BCUT2D eigenvalue weighted by Gasteiger charge is 2.79. The molecule has 41 heavy (non-hydrogen) atoms. The molecule has 1 aromatic carbocycles. The van der Waals surface area contributed by atoms with Gasteiger partial charge in [-0.15, -0.1) is 0 Å². The number of aliphatic hydroxyl groups excluding tert-OH is 1. The van der Waals surface area contributed by atoms with Crippen LogP contribution in [-0.4, -0.2) is 63.2 Å². The predicted molar refractivity (Wildman–Crippen MR) is 159 cm³/mol. The highest BCUT2D eigenvalue weighted by atomic mass is 16.5. The first-order chi connectivity index (χ1) is 19.1. The monoisotopic (exact) mass is 569 g/mol. The van der Waals surface area contributed by atoms with Crippen molar-refractivity contribution in [2.45, 2.75) is 123 Å². The summed E-state index contributed by atoms with van der Waals surface area (Å²) in [7, 11) is 0. The third-order valence-electron chi connectivity index (χ3n) is 9.74. The summed E-state index contributed by atoms with van der Waals surface area (Å²) in [5.74, 6) is -2.28. The van der Waals surface area contributed by atoms with Crippen molar-refractivity contribution in [3.63, 3.8) is 0 Å². The Morgan fingerprint density at radius 1 is 1.10 bits per heavy atom. The Morgan fingerprint density at radius 2 is 1.76 bits per heavy atom. The lowest BCUT2D eigenvalue weighted by Crippen LogP contribution is -2.62. The molecule has 2 unspecified atom stereocenters. The van der Waals surface area contributed by atoms with Crippen molar-refractivity contribution in [2.75, 3.05) is 6.61 Å². The molecule has 1 spiro atoms. The number of carbonyl (C=O) groups excluding carboxylic acids is 3. The number of fused-ring (bicyclic) bond motifs is 1. The minimum atomic E-state index is -1.12. The fourth-order valence-corrected chi connectivity index (χ4v) is 8.19. The van der Waals surface area contributed by atoms with Gasteiger partial charge in [-0.25, -0.2) is 0 Å². The molecule has 3 heterocycles. The molecule has 4 rings (SSSR count). The molecule has 0 radical (unpaired) electrons. The Hall–Kier alpha value is -2.45. The summed E-state index contributed by atoms with van der Waals surface area (Å²) in [6.07, 6.45) is 3.17. The molecular formula is C33H51N3O5. The maximum Gasteiger partial charge on any atom is 0.246 e. The van der Waals surface area contributed by atoms with Crippen LogP contribution in [0.1, 0.15) is 93.1 Å². The van der Waals surface area contributed by atoms with Crippen molar-refractivity contribution in [3.8, 4) is 0 Å². The first-order valence-electron chi connectivity index (χ1n) is 15.4. The number of ether oxygens (including phenoxy) is 1. The predicted octanol–water partition coefficient (Wildman–Crippen LogP) is 4.20. The minimum Gasteiger partial charge on any atom is -0.394 e. The van der Waals surface area contributed by atoms with Gasteiger partial charge in [-0.05, 0) is 56.4 Å². The minimum absolute atomic E-state index is 0.0241. The lowest BCUT2D eigenvalue weighted by atomic mass is 9.65. The van der Waals surface area contributed by atoms with E-state index < -0.39 is 40.7 Å². The highest BCUT2D eigenvalue weighted by Crippen LogP contribution is 2.64. The van der Waals surface area contributed by atoms with Gasteiger partial charge in [0, 0.05) is 12.1 Å². The summed E-state index contributed by atoms with van der Waals surface area (Å²) in [6.45, 7) is 16.5. The zero-order valence-electron chi connectivity index (χ0n) is 26.3. The van der Waals surface area contributed by atoms with Gasteiger partial charge < -0.3 is 25.4 Å². The molecule has 8 heteroatoms. The number of amides is 3. The van der Waals surface area contributed by atoms with Crippen LogP contribution in [0.3, 0.4) is 0 Å². The van der Waals surface area contributed by atoms with Gasteiger partial charge in [0.1, 0.15) is 11.6 Å². The Kier molecular flexibility index (Phi) is 8.70. The number of aliphatic hydroxyl groups is 1. The van der Waals surface area contributed by atoms with Crippen molar-refractivity contribution in [2.24, 2.45) is 23.2 Å². The van der Waals surface area contributed by atoms with Gasteiger partial charge in [0.25, 0.3) is 0 Å². The average molecular weight is 570 g/mol. The van der Waals surface area contributed by atoms with E-state index in [1.807, 2.05) is 65.0 Å². The Labute approximate surface area is 246 Å². The molecule has 228 valence electrons. The van der Waals surface area contributed by atoms with Crippen LogP contribution in [0.5, 0.6) is 0 Å². The van der Waals surface area contributed by atoms with Crippen LogP contribution >= 0.6 is 0 Å². The van der Waals surface area contributed by atoms with Gasteiger partial charge in [0.15, 0.2) is 0 Å². The second-order valence-electron chi connectivity index (χ2n) is 14.5. The summed E-state index contributed by atoms with van der Waals surface area (Å²) in [4.78, 5) is 44.4. The standard InChI is InChI=1S/C33H51N3O5/c1-9-21(3)23(19-37)36-26(28(39)35-31(7,8)20-30(4,5)6)33-17-16-32(10-2,41-33)24(25(33)29(36)40)27(38)34-18-22-14-12-11-13-15-22/h11-15,21,23-26,37H,9-10,16-20H2,1-8H3,(H,34,38)(H,35,39)/t21-,23-,24-,25-,26?,32+,33?/m0/s1. The lowest BCUT2D eigenvalue weighted by molar-refractivity contribution is -0.153. The van der Waals surface area contributed by atoms with E-state index in [-0.39, 0.29) is 35.7 Å². The van der Waals surface area contributed by atoms with E-state index in [0.717, 1.165) is 18.4 Å². The number of likely N-dealkylation sites (tertiary alicyclic amines) is 1. The molecule has 3 amide bonds. The largest absolute Gasteiger partial charge is 0.394 e. The molecule has 3 saturated heterocycles. The van der Waals surface area contributed by atoms with Crippen molar-refractivity contribution in [1.29, 1.82) is 0 Å². The van der Waals surface area contributed by atoms with E-state index in [4.69, 9.17) is 4.74 Å². The fourth-order valence-electron chi connectivity index (χ4n) is 8.19. The molecular weight excluding hydrogens is 518 g/mol. The molecule has 0 aromatic heterocycles. The molecule has 7 atom stereocenters. The molecule has 1 aromatic rings. The highest BCUT2D eigenvalue weighted by molar-refractivity contribution is 5.99. The summed E-state index contributed by atoms with van der Waals surface area (Å²) >= 11 is 0. The van der Waals surface area contributed by atoms with Gasteiger partial charge in [-0.2, -0.15) is 0 Å². The number of rotatable bonds is 11. The number of nitrogens with one attached hydrogen (secondary N) is 2. The van der Waals surface area contributed by atoms with E-state index in [9.17, 15) is 19.5 Å². The third-order valence-corrected chi connectivity index (χ3v) is 9.74. The van der Waals surface area contributed by atoms with Gasteiger partial charge in [0.05, 0.1) is 30.1 Å². The first kappa shape index (κ1) is 31.5. The summed E-state index contributed by atoms with van der Waals surface area (Å²) in [5.41, 5.74) is -1.51. The zero-order valence-corrected chi connectivity index (χ0v) is 26.3. The van der Waals surface area contributed by atoms with Crippen LogP contribution in [0.25, 0.3) is 0 Å². The molecule has 8 nitrogen and oxygen atoms in total. The van der Waals surface area contributed by atoms with Crippen LogP contribution in [0.2, 0.25) is 0 Å². The molecule has 0 aliphatic carbocycles. The SMILES string of the molecule is CC[C@H](C)[C@H](CO)N1C(=O)[C@@H]2[C@@H](C(=O)NCc3ccccc3)[C@@]3(CC)CCC2(O3)C1C(=O)NC(C)(C)CC(C)(C)C. The van der Waals surface area contributed by atoms with Crippen molar-refractivity contribution in [1.82, 2.24) is 15.5 Å². The smallest absolute Gasteiger partial charge is 0.246 e. The maximum atomic E-state index is 14.5. The van der Waals surface area contributed by atoms with Crippen LogP contribution in [-0.2, 0) is 25.7 Å².